The number of hydrogen-bond acceptors (Lipinski definition) is 4. The molecule has 0 atom stereocenters. The first-order chi connectivity index (χ1) is 13.8. The summed E-state index contributed by atoms with van der Waals surface area (Å²) >= 11 is 0. The molecule has 0 radical (unpaired) electrons. The maximum atomic E-state index is 12.9. The average molecular weight is 436 g/mol. The predicted molar refractivity (Wildman–Crippen MR) is 93.3 cm³/mol. The summed E-state index contributed by atoms with van der Waals surface area (Å²) < 4.78 is 82.9. The second-order valence-electron chi connectivity index (χ2n) is 6.03. The van der Waals surface area contributed by atoms with Crippen molar-refractivity contribution in [3.05, 3.63) is 63.2 Å². The van der Waals surface area contributed by atoms with E-state index in [2.05, 4.69) is 0 Å². The van der Waals surface area contributed by atoms with Gasteiger partial charge in [0.15, 0.2) is 0 Å². The molecule has 6 nitrogen and oxygen atoms in total. The first kappa shape index (κ1) is 23.0. The van der Waals surface area contributed by atoms with Gasteiger partial charge in [-0.3, -0.25) is 14.9 Å². The smallest absolute Gasteiger partial charge is 0.416 e. The lowest BCUT2D eigenvalue weighted by Crippen LogP contribution is -2.17. The maximum absolute atomic E-state index is 12.9. The van der Waals surface area contributed by atoms with Gasteiger partial charge in [-0.25, -0.2) is 0 Å². The Morgan fingerprint density at radius 3 is 2.07 bits per heavy atom. The minimum atomic E-state index is -5.14. The first-order valence-corrected chi connectivity index (χ1v) is 8.35. The summed E-state index contributed by atoms with van der Waals surface area (Å²) in [5.74, 6) is -1.27. The molecule has 2 aromatic carbocycles. The van der Waals surface area contributed by atoms with Crippen molar-refractivity contribution in [1.82, 2.24) is 0 Å². The number of nitro benzene ring substituents is 1. The molecule has 0 aliphatic heterocycles. The highest BCUT2D eigenvalue weighted by molar-refractivity contribution is 6.05. The average Bonchev–Trinajstić information content (AvgIpc) is 2.65. The van der Waals surface area contributed by atoms with Crippen LogP contribution < -0.4 is 10.1 Å². The van der Waals surface area contributed by atoms with Crippen LogP contribution >= 0.6 is 0 Å². The van der Waals surface area contributed by atoms with Gasteiger partial charge in [0.05, 0.1) is 28.7 Å². The quantitative estimate of drug-likeness (QED) is 0.359. The van der Waals surface area contributed by atoms with E-state index >= 15 is 0 Å². The Labute approximate surface area is 165 Å². The first-order valence-electron chi connectivity index (χ1n) is 8.35. The number of nitrogens with zero attached hydrogens (tertiary/aromatic N) is 1. The van der Waals surface area contributed by atoms with Crippen molar-refractivity contribution in [2.75, 3.05) is 11.9 Å². The number of nitro groups is 1. The van der Waals surface area contributed by atoms with E-state index in [1.807, 2.05) is 5.32 Å². The van der Waals surface area contributed by atoms with Crippen molar-refractivity contribution in [2.45, 2.75) is 25.7 Å². The molecule has 0 fully saturated rings. The maximum Gasteiger partial charge on any atom is 0.416 e. The highest BCUT2D eigenvalue weighted by Gasteiger charge is 2.37. The summed E-state index contributed by atoms with van der Waals surface area (Å²) in [5, 5.41) is 13.2. The minimum absolute atomic E-state index is 0.111. The van der Waals surface area contributed by atoms with Crippen LogP contribution in [0.2, 0.25) is 0 Å². The fourth-order valence-corrected chi connectivity index (χ4v) is 2.36. The molecule has 12 heteroatoms. The standard InChI is InChI=1S/C18H14F6N2O4/c1-2-5-30-13-3-4-14(15(9-13)26(28)29)25-16(27)10-6-11(17(19,20)21)8-12(7-10)18(22,23)24/h3-4,6-9H,2,5H2,1H3,(H,25,27). The summed E-state index contributed by atoms with van der Waals surface area (Å²) in [6.45, 7) is 2.06. The number of halogens is 6. The highest BCUT2D eigenvalue weighted by atomic mass is 19.4. The lowest BCUT2D eigenvalue weighted by molar-refractivity contribution is -0.384. The topological polar surface area (TPSA) is 81.5 Å². The summed E-state index contributed by atoms with van der Waals surface area (Å²) in [4.78, 5) is 22.7. The van der Waals surface area contributed by atoms with Gasteiger partial charge in [-0.1, -0.05) is 6.92 Å². The van der Waals surface area contributed by atoms with Gasteiger partial charge < -0.3 is 10.1 Å². The van der Waals surface area contributed by atoms with Crippen LogP contribution in [0.5, 0.6) is 5.75 Å². The van der Waals surface area contributed by atoms with Crippen LogP contribution in [0.15, 0.2) is 36.4 Å². The molecule has 0 spiro atoms. The molecule has 0 saturated carbocycles. The summed E-state index contributed by atoms with van der Waals surface area (Å²) in [7, 11) is 0. The van der Waals surface area contributed by atoms with Crippen LogP contribution in [0.3, 0.4) is 0 Å². The van der Waals surface area contributed by atoms with Crippen LogP contribution in [0.4, 0.5) is 37.7 Å². The van der Waals surface area contributed by atoms with E-state index in [-0.39, 0.29) is 30.6 Å². The molecule has 1 N–H and O–H groups in total. The third-order valence-corrected chi connectivity index (χ3v) is 3.74. The molecule has 0 aliphatic carbocycles. The second kappa shape index (κ2) is 8.59. The van der Waals surface area contributed by atoms with E-state index in [1.165, 1.54) is 6.07 Å². The molecule has 0 aliphatic rings. The Balaban J connectivity index is 2.43. The molecule has 0 heterocycles. The van der Waals surface area contributed by atoms with Crippen molar-refractivity contribution in [3.63, 3.8) is 0 Å². The lowest BCUT2D eigenvalue weighted by atomic mass is 10.0. The minimum Gasteiger partial charge on any atom is -0.493 e. The zero-order valence-electron chi connectivity index (χ0n) is 15.2. The fraction of sp³-hybridized carbons (Fsp3) is 0.278. The molecule has 0 unspecified atom stereocenters. The Kier molecular flexibility index (Phi) is 6.58. The van der Waals surface area contributed by atoms with Crippen LogP contribution in [-0.2, 0) is 12.4 Å². The van der Waals surface area contributed by atoms with Crippen molar-refractivity contribution < 1.29 is 40.8 Å². The molecule has 0 aromatic heterocycles. The number of alkyl halides is 6. The number of hydrogen-bond donors (Lipinski definition) is 1. The van der Waals surface area contributed by atoms with Gasteiger partial charge >= 0.3 is 12.4 Å². The van der Waals surface area contributed by atoms with Gasteiger partial charge in [0.2, 0.25) is 0 Å². The van der Waals surface area contributed by atoms with Crippen LogP contribution in [-0.4, -0.2) is 17.4 Å². The van der Waals surface area contributed by atoms with E-state index in [0.29, 0.717) is 6.42 Å². The number of benzene rings is 2. The fourth-order valence-electron chi connectivity index (χ4n) is 2.36. The second-order valence-corrected chi connectivity index (χ2v) is 6.03. The van der Waals surface area contributed by atoms with Gasteiger partial charge in [0.25, 0.3) is 11.6 Å². The number of carbonyl (C=O) groups is 1. The molecule has 0 saturated heterocycles. The zero-order chi connectivity index (χ0) is 22.7. The molecule has 162 valence electrons. The van der Waals surface area contributed by atoms with Crippen molar-refractivity contribution in [3.8, 4) is 5.75 Å². The zero-order valence-corrected chi connectivity index (χ0v) is 15.2. The Morgan fingerprint density at radius 2 is 1.60 bits per heavy atom. The van der Waals surface area contributed by atoms with Crippen molar-refractivity contribution in [1.29, 1.82) is 0 Å². The Bertz CT molecular complexity index is 924. The van der Waals surface area contributed by atoms with Gasteiger partial charge in [0, 0.05) is 5.56 Å². The number of carbonyl (C=O) groups excluding carboxylic acids is 1. The van der Waals surface area contributed by atoms with Gasteiger partial charge in [-0.15, -0.1) is 0 Å². The Morgan fingerprint density at radius 1 is 1.03 bits per heavy atom. The normalized spacial score (nSPS) is 11.8. The van der Waals surface area contributed by atoms with Crippen molar-refractivity contribution >= 4 is 17.3 Å². The highest BCUT2D eigenvalue weighted by Crippen LogP contribution is 2.37. The summed E-state index contributed by atoms with van der Waals surface area (Å²) in [6, 6.07) is 3.66. The number of nitrogens with one attached hydrogen (secondary N) is 1. The molecule has 2 rings (SSSR count). The van der Waals surface area contributed by atoms with E-state index in [1.54, 1.807) is 6.92 Å². The third-order valence-electron chi connectivity index (χ3n) is 3.74. The van der Waals surface area contributed by atoms with Gasteiger partial charge in [0.1, 0.15) is 11.4 Å². The summed E-state index contributed by atoms with van der Waals surface area (Å²) in [5.41, 5.74) is -5.38. The van der Waals surface area contributed by atoms with E-state index in [0.717, 1.165) is 12.1 Å². The third kappa shape index (κ3) is 5.61. The molecular weight excluding hydrogens is 422 g/mol. The molecule has 30 heavy (non-hydrogen) atoms. The monoisotopic (exact) mass is 436 g/mol. The number of amides is 1. The lowest BCUT2D eigenvalue weighted by Gasteiger charge is -2.14. The van der Waals surface area contributed by atoms with Crippen LogP contribution in [0, 0.1) is 10.1 Å². The molecule has 0 bridgehead atoms. The number of anilines is 1. The Hall–Kier alpha value is -3.31. The van der Waals surface area contributed by atoms with Gasteiger partial charge in [-0.2, -0.15) is 26.3 Å². The van der Waals surface area contributed by atoms with Crippen molar-refractivity contribution in [2.24, 2.45) is 0 Å². The van der Waals surface area contributed by atoms with E-state index < -0.39 is 51.2 Å². The number of rotatable bonds is 6. The van der Waals surface area contributed by atoms with Crippen LogP contribution in [0.1, 0.15) is 34.8 Å². The van der Waals surface area contributed by atoms with E-state index in [4.69, 9.17) is 4.74 Å². The number of ether oxygens (including phenoxy) is 1. The predicted octanol–water partition coefficient (Wildman–Crippen LogP) is 5.67. The largest absolute Gasteiger partial charge is 0.493 e. The van der Waals surface area contributed by atoms with Gasteiger partial charge in [-0.05, 0) is 36.8 Å². The molecule has 2 aromatic rings. The molecular formula is C18H14F6N2O4. The summed E-state index contributed by atoms with van der Waals surface area (Å²) in [6.07, 6.45) is -9.66. The van der Waals surface area contributed by atoms with Crippen LogP contribution in [0.25, 0.3) is 0 Å². The SMILES string of the molecule is CCCOc1ccc(NC(=O)c2cc(C(F)(F)F)cc(C(F)(F)F)c2)c([N+](=O)[O-])c1. The van der Waals surface area contributed by atoms with E-state index in [9.17, 15) is 41.3 Å². The molecule has 1 amide bonds.